The van der Waals surface area contributed by atoms with Crippen molar-refractivity contribution in [3.05, 3.63) is 24.0 Å². The third kappa shape index (κ3) is 1.79. The molecule has 1 aliphatic rings. The second-order valence-corrected chi connectivity index (χ2v) is 4.72. The van der Waals surface area contributed by atoms with E-state index in [9.17, 15) is 4.79 Å². The van der Waals surface area contributed by atoms with Crippen LogP contribution in [0.5, 0.6) is 0 Å². The maximum atomic E-state index is 11.0. The average molecular weight is 206 g/mol. The standard InChI is InChI=1S/C11H14N2O2/c1-11(2)6-13(7-11)9-5-12-4-3-8(9)10(14)15/h3-5H,6-7H2,1-2H3,(H,14,15). The summed E-state index contributed by atoms with van der Waals surface area (Å²) in [5.41, 5.74) is 1.34. The first-order chi connectivity index (χ1) is 6.99. The molecule has 1 fully saturated rings. The molecular formula is C11H14N2O2. The van der Waals surface area contributed by atoms with Crippen LogP contribution in [0.1, 0.15) is 24.2 Å². The Morgan fingerprint density at radius 3 is 2.73 bits per heavy atom. The Morgan fingerprint density at radius 2 is 2.20 bits per heavy atom. The zero-order chi connectivity index (χ0) is 11.1. The summed E-state index contributed by atoms with van der Waals surface area (Å²) in [7, 11) is 0. The lowest BCUT2D eigenvalue weighted by Crippen LogP contribution is -2.53. The van der Waals surface area contributed by atoms with Crippen LogP contribution in [0.25, 0.3) is 0 Å². The molecule has 0 radical (unpaired) electrons. The molecule has 0 aliphatic carbocycles. The Hall–Kier alpha value is -1.58. The van der Waals surface area contributed by atoms with Crippen molar-refractivity contribution in [1.82, 2.24) is 4.98 Å². The van der Waals surface area contributed by atoms with Crippen molar-refractivity contribution in [2.24, 2.45) is 5.41 Å². The Morgan fingerprint density at radius 1 is 1.53 bits per heavy atom. The summed E-state index contributed by atoms with van der Waals surface area (Å²) in [5, 5.41) is 9.01. The molecule has 0 bridgehead atoms. The Balaban J connectivity index is 2.26. The molecule has 4 nitrogen and oxygen atoms in total. The van der Waals surface area contributed by atoms with Crippen LogP contribution in [0.3, 0.4) is 0 Å². The van der Waals surface area contributed by atoms with Crippen molar-refractivity contribution in [3.8, 4) is 0 Å². The van der Waals surface area contributed by atoms with Gasteiger partial charge in [-0.3, -0.25) is 4.98 Å². The molecule has 2 rings (SSSR count). The first kappa shape index (κ1) is 9.96. The third-order valence-electron chi connectivity index (χ3n) is 2.61. The van der Waals surface area contributed by atoms with Gasteiger partial charge in [-0.05, 0) is 11.5 Å². The quantitative estimate of drug-likeness (QED) is 0.799. The summed E-state index contributed by atoms with van der Waals surface area (Å²) in [5.74, 6) is -0.892. The maximum absolute atomic E-state index is 11.0. The molecule has 1 aromatic rings. The van der Waals surface area contributed by atoms with Crippen LogP contribution in [0.2, 0.25) is 0 Å². The summed E-state index contributed by atoms with van der Waals surface area (Å²) < 4.78 is 0. The van der Waals surface area contributed by atoms with Gasteiger partial charge in [-0.1, -0.05) is 13.8 Å². The minimum atomic E-state index is -0.892. The normalized spacial score (nSPS) is 18.4. The van der Waals surface area contributed by atoms with Crippen molar-refractivity contribution in [3.63, 3.8) is 0 Å². The number of rotatable bonds is 2. The van der Waals surface area contributed by atoms with E-state index < -0.39 is 5.97 Å². The lowest BCUT2D eigenvalue weighted by Gasteiger charge is -2.47. The van der Waals surface area contributed by atoms with Crippen LogP contribution >= 0.6 is 0 Å². The van der Waals surface area contributed by atoms with Crippen LogP contribution < -0.4 is 4.90 Å². The van der Waals surface area contributed by atoms with E-state index in [4.69, 9.17) is 5.11 Å². The van der Waals surface area contributed by atoms with Crippen LogP contribution in [0, 0.1) is 5.41 Å². The van der Waals surface area contributed by atoms with Gasteiger partial charge in [-0.2, -0.15) is 0 Å². The first-order valence-corrected chi connectivity index (χ1v) is 4.92. The predicted octanol–water partition coefficient (Wildman–Crippen LogP) is 1.63. The van der Waals surface area contributed by atoms with Gasteiger partial charge in [-0.25, -0.2) is 4.79 Å². The monoisotopic (exact) mass is 206 g/mol. The van der Waals surface area contributed by atoms with Gasteiger partial charge in [0.2, 0.25) is 0 Å². The highest BCUT2D eigenvalue weighted by Gasteiger charge is 2.35. The number of aromatic nitrogens is 1. The number of anilines is 1. The van der Waals surface area contributed by atoms with Crippen molar-refractivity contribution in [1.29, 1.82) is 0 Å². The summed E-state index contributed by atoms with van der Waals surface area (Å²) in [4.78, 5) is 17.0. The van der Waals surface area contributed by atoms with Crippen molar-refractivity contribution < 1.29 is 9.90 Å². The van der Waals surface area contributed by atoms with Gasteiger partial charge in [0.05, 0.1) is 17.4 Å². The summed E-state index contributed by atoms with van der Waals surface area (Å²) in [6.45, 7) is 6.11. The smallest absolute Gasteiger partial charge is 0.337 e. The fourth-order valence-corrected chi connectivity index (χ4v) is 1.98. The fourth-order valence-electron chi connectivity index (χ4n) is 1.98. The summed E-state index contributed by atoms with van der Waals surface area (Å²) >= 11 is 0. The molecule has 15 heavy (non-hydrogen) atoms. The molecule has 0 saturated carbocycles. The Bertz CT molecular complexity index is 393. The van der Waals surface area contributed by atoms with E-state index in [0.717, 1.165) is 18.8 Å². The van der Waals surface area contributed by atoms with Gasteiger partial charge in [-0.15, -0.1) is 0 Å². The van der Waals surface area contributed by atoms with E-state index in [2.05, 4.69) is 23.7 Å². The highest BCUT2D eigenvalue weighted by atomic mass is 16.4. The second kappa shape index (κ2) is 3.22. The minimum Gasteiger partial charge on any atom is -0.478 e. The molecule has 2 heterocycles. The zero-order valence-electron chi connectivity index (χ0n) is 8.90. The Labute approximate surface area is 88.6 Å². The highest BCUT2D eigenvalue weighted by Crippen LogP contribution is 2.34. The van der Waals surface area contributed by atoms with Crippen molar-refractivity contribution in [2.75, 3.05) is 18.0 Å². The van der Waals surface area contributed by atoms with Gasteiger partial charge in [0.25, 0.3) is 0 Å². The number of carboxylic acids is 1. The van der Waals surface area contributed by atoms with E-state index in [1.807, 2.05) is 0 Å². The zero-order valence-corrected chi connectivity index (χ0v) is 8.90. The lowest BCUT2D eigenvalue weighted by molar-refractivity contribution is 0.0696. The maximum Gasteiger partial charge on any atom is 0.337 e. The Kier molecular flexibility index (Phi) is 2.14. The number of hydrogen-bond donors (Lipinski definition) is 1. The molecular weight excluding hydrogens is 192 g/mol. The first-order valence-electron chi connectivity index (χ1n) is 4.92. The van der Waals surface area contributed by atoms with E-state index in [1.54, 1.807) is 12.3 Å². The van der Waals surface area contributed by atoms with Gasteiger partial charge in [0.1, 0.15) is 0 Å². The fraction of sp³-hybridized carbons (Fsp3) is 0.455. The third-order valence-corrected chi connectivity index (χ3v) is 2.61. The molecule has 4 heteroatoms. The summed E-state index contributed by atoms with van der Waals surface area (Å²) in [6, 6.07) is 1.54. The van der Waals surface area contributed by atoms with Crippen LogP contribution in [-0.2, 0) is 0 Å². The van der Waals surface area contributed by atoms with E-state index in [1.165, 1.54) is 6.20 Å². The lowest BCUT2D eigenvalue weighted by atomic mass is 9.84. The molecule has 1 saturated heterocycles. The van der Waals surface area contributed by atoms with Gasteiger partial charge in [0.15, 0.2) is 0 Å². The average Bonchev–Trinajstić information content (AvgIpc) is 2.14. The van der Waals surface area contributed by atoms with Crippen LogP contribution in [0.4, 0.5) is 5.69 Å². The second-order valence-electron chi connectivity index (χ2n) is 4.72. The van der Waals surface area contributed by atoms with E-state index >= 15 is 0 Å². The van der Waals surface area contributed by atoms with E-state index in [0.29, 0.717) is 5.56 Å². The number of carboxylic acid groups (broad SMARTS) is 1. The molecule has 80 valence electrons. The van der Waals surface area contributed by atoms with Crippen LogP contribution in [-0.4, -0.2) is 29.1 Å². The van der Waals surface area contributed by atoms with Gasteiger partial charge < -0.3 is 10.0 Å². The molecule has 1 aliphatic heterocycles. The number of aromatic carboxylic acids is 1. The highest BCUT2D eigenvalue weighted by molar-refractivity contribution is 5.94. The van der Waals surface area contributed by atoms with E-state index in [-0.39, 0.29) is 5.41 Å². The number of carbonyl (C=O) groups is 1. The summed E-state index contributed by atoms with van der Waals surface area (Å²) in [6.07, 6.45) is 3.14. The number of nitrogens with zero attached hydrogens (tertiary/aromatic N) is 2. The molecule has 0 amide bonds. The van der Waals surface area contributed by atoms with Gasteiger partial charge in [0, 0.05) is 19.3 Å². The van der Waals surface area contributed by atoms with Crippen LogP contribution in [0.15, 0.2) is 18.5 Å². The molecule has 1 aromatic heterocycles. The van der Waals surface area contributed by atoms with Crippen molar-refractivity contribution in [2.45, 2.75) is 13.8 Å². The molecule has 0 unspecified atom stereocenters. The molecule has 0 spiro atoms. The molecule has 0 atom stereocenters. The number of pyridine rings is 1. The molecule has 0 aromatic carbocycles. The van der Waals surface area contributed by atoms with Crippen molar-refractivity contribution >= 4 is 11.7 Å². The number of hydrogen-bond acceptors (Lipinski definition) is 3. The SMILES string of the molecule is CC1(C)CN(c2cnccc2C(=O)O)C1. The largest absolute Gasteiger partial charge is 0.478 e. The predicted molar refractivity (Wildman–Crippen MR) is 57.2 cm³/mol. The minimum absolute atomic E-state index is 0.283. The van der Waals surface area contributed by atoms with Gasteiger partial charge >= 0.3 is 5.97 Å². The topological polar surface area (TPSA) is 53.4 Å². The molecule has 1 N–H and O–H groups in total.